The quantitative estimate of drug-likeness (QED) is 0.549. The molecule has 28 heavy (non-hydrogen) atoms. The maximum absolute atomic E-state index is 13.4. The number of nitrogens with one attached hydrogen (secondary N) is 2. The second-order valence-corrected chi connectivity index (χ2v) is 8.54. The fourth-order valence-corrected chi connectivity index (χ4v) is 4.93. The van der Waals surface area contributed by atoms with E-state index in [1.54, 1.807) is 0 Å². The lowest BCUT2D eigenvalue weighted by Gasteiger charge is -2.20. The first kappa shape index (κ1) is 20.7. The summed E-state index contributed by atoms with van der Waals surface area (Å²) in [5, 5.41) is 9.84. The molecular weight excluding hydrogens is 417 g/mol. The standard InChI is InChI=1S/C16H17F3N4O3S2/c17-16(18,19)10-5-4-8(9-7-21-15(20)22-14(9)27)6-13(10)28(25,26)23-11-2-1-3-12(11)24/h4-7,11-12,23-24H,1-3H2,(H3,20,21,22,27)/t11-,12+/m0/s1. The first-order valence-electron chi connectivity index (χ1n) is 8.26. The van der Waals surface area contributed by atoms with Crippen LogP contribution in [0.1, 0.15) is 24.8 Å². The highest BCUT2D eigenvalue weighted by molar-refractivity contribution is 7.89. The summed E-state index contributed by atoms with van der Waals surface area (Å²) in [5.74, 6) is 0.0189. The molecule has 1 aromatic carbocycles. The smallest absolute Gasteiger partial charge is 0.391 e. The number of H-pyrrole nitrogens is 1. The Hall–Kier alpha value is -2.02. The van der Waals surface area contributed by atoms with Gasteiger partial charge in [-0.3, -0.25) is 0 Å². The molecule has 3 rings (SSSR count). The number of halogens is 3. The van der Waals surface area contributed by atoms with E-state index in [-0.39, 0.29) is 21.7 Å². The third-order valence-corrected chi connectivity index (χ3v) is 6.34. The van der Waals surface area contributed by atoms with Crippen LogP contribution < -0.4 is 10.5 Å². The average molecular weight is 434 g/mol. The molecule has 0 unspecified atom stereocenters. The molecular formula is C16H17F3N4O3S2. The molecule has 1 fully saturated rings. The van der Waals surface area contributed by atoms with Crippen LogP contribution in [0, 0.1) is 4.64 Å². The molecule has 2 atom stereocenters. The number of hydrogen-bond donors (Lipinski definition) is 4. The van der Waals surface area contributed by atoms with Crippen molar-refractivity contribution in [3.05, 3.63) is 34.6 Å². The van der Waals surface area contributed by atoms with E-state index in [2.05, 4.69) is 14.7 Å². The van der Waals surface area contributed by atoms with Gasteiger partial charge in [-0.1, -0.05) is 18.3 Å². The Morgan fingerprint density at radius 1 is 1.32 bits per heavy atom. The van der Waals surface area contributed by atoms with Gasteiger partial charge >= 0.3 is 6.18 Å². The Bertz CT molecular complexity index is 1050. The van der Waals surface area contributed by atoms with Gasteiger partial charge in [0, 0.05) is 17.8 Å². The van der Waals surface area contributed by atoms with Gasteiger partial charge in [0.15, 0.2) is 5.95 Å². The van der Waals surface area contributed by atoms with Gasteiger partial charge in [0.05, 0.1) is 16.6 Å². The third kappa shape index (κ3) is 4.19. The van der Waals surface area contributed by atoms with Crippen molar-refractivity contribution in [1.29, 1.82) is 0 Å². The SMILES string of the molecule is Nc1ncc(-c2ccc(C(F)(F)F)c(S(=O)(=O)N[C@H]3CCC[C@H]3O)c2)c(=S)[nH]1. The summed E-state index contributed by atoms with van der Waals surface area (Å²) in [7, 11) is -4.56. The van der Waals surface area contributed by atoms with Crippen molar-refractivity contribution in [3.63, 3.8) is 0 Å². The van der Waals surface area contributed by atoms with Crippen LogP contribution in [-0.4, -0.2) is 35.6 Å². The summed E-state index contributed by atoms with van der Waals surface area (Å²) in [6.45, 7) is 0. The predicted molar refractivity (Wildman–Crippen MR) is 98.2 cm³/mol. The number of nitrogen functional groups attached to an aromatic ring is 1. The van der Waals surface area contributed by atoms with Gasteiger partial charge in [0.2, 0.25) is 10.0 Å². The van der Waals surface area contributed by atoms with Crippen molar-refractivity contribution in [2.75, 3.05) is 5.73 Å². The number of nitrogens with zero attached hydrogens (tertiary/aromatic N) is 1. The lowest BCUT2D eigenvalue weighted by molar-refractivity contribution is -0.139. The summed E-state index contributed by atoms with van der Waals surface area (Å²) >= 11 is 5.10. The fourth-order valence-electron chi connectivity index (χ4n) is 3.10. The number of anilines is 1. The van der Waals surface area contributed by atoms with Crippen LogP contribution in [0.5, 0.6) is 0 Å². The number of benzene rings is 1. The molecule has 1 aliphatic carbocycles. The average Bonchev–Trinajstić information content (AvgIpc) is 2.98. The van der Waals surface area contributed by atoms with E-state index in [9.17, 15) is 26.7 Å². The zero-order valence-corrected chi connectivity index (χ0v) is 16.0. The van der Waals surface area contributed by atoms with E-state index in [4.69, 9.17) is 18.0 Å². The minimum Gasteiger partial charge on any atom is -0.391 e. The molecule has 1 aliphatic rings. The first-order valence-corrected chi connectivity index (χ1v) is 10.1. The number of aliphatic hydroxyl groups is 1. The minimum absolute atomic E-state index is 0.0189. The number of sulfonamides is 1. The number of aromatic amines is 1. The second-order valence-electron chi connectivity index (χ2n) is 6.45. The number of rotatable bonds is 4. The predicted octanol–water partition coefficient (Wildman–Crippen LogP) is 2.60. The summed E-state index contributed by atoms with van der Waals surface area (Å²) in [5.41, 5.74) is 4.53. The zero-order chi connectivity index (χ0) is 20.7. The minimum atomic E-state index is -4.89. The largest absolute Gasteiger partial charge is 0.417 e. The van der Waals surface area contributed by atoms with Crippen LogP contribution in [0.3, 0.4) is 0 Å². The highest BCUT2D eigenvalue weighted by Gasteiger charge is 2.39. The summed E-state index contributed by atoms with van der Waals surface area (Å²) in [6.07, 6.45) is -3.28. The van der Waals surface area contributed by atoms with E-state index in [1.165, 1.54) is 6.20 Å². The number of aliphatic hydroxyl groups excluding tert-OH is 1. The number of alkyl halides is 3. The maximum Gasteiger partial charge on any atom is 0.417 e. The van der Waals surface area contributed by atoms with E-state index in [0.29, 0.717) is 25.3 Å². The molecule has 2 aromatic rings. The molecule has 0 saturated heterocycles. The third-order valence-electron chi connectivity index (χ3n) is 4.49. The Morgan fingerprint density at radius 2 is 2.04 bits per heavy atom. The van der Waals surface area contributed by atoms with Crippen LogP contribution in [-0.2, 0) is 16.2 Å². The Labute approximate surface area is 163 Å². The van der Waals surface area contributed by atoms with Gasteiger partial charge in [0.25, 0.3) is 0 Å². The molecule has 152 valence electrons. The summed E-state index contributed by atoms with van der Waals surface area (Å²) < 4.78 is 68.1. The number of nitrogens with two attached hydrogens (primary N) is 1. The van der Waals surface area contributed by atoms with Crippen molar-refractivity contribution in [2.24, 2.45) is 0 Å². The Kier molecular flexibility index (Phi) is 5.49. The second kappa shape index (κ2) is 7.43. The van der Waals surface area contributed by atoms with Crippen LogP contribution in [0.25, 0.3) is 11.1 Å². The molecule has 1 saturated carbocycles. The van der Waals surface area contributed by atoms with Crippen LogP contribution in [0.15, 0.2) is 29.3 Å². The van der Waals surface area contributed by atoms with Crippen molar-refractivity contribution in [3.8, 4) is 11.1 Å². The summed E-state index contributed by atoms with van der Waals surface area (Å²) in [4.78, 5) is 5.43. The molecule has 1 aromatic heterocycles. The van der Waals surface area contributed by atoms with Gasteiger partial charge in [-0.25, -0.2) is 18.1 Å². The zero-order valence-electron chi connectivity index (χ0n) is 14.3. The Balaban J connectivity index is 2.12. The number of aromatic nitrogens is 2. The maximum atomic E-state index is 13.4. The van der Waals surface area contributed by atoms with Crippen molar-refractivity contribution in [2.45, 2.75) is 42.5 Å². The normalized spacial score (nSPS) is 20.4. The summed E-state index contributed by atoms with van der Waals surface area (Å²) in [6, 6.07) is 1.85. The molecule has 5 N–H and O–H groups in total. The lowest BCUT2D eigenvalue weighted by atomic mass is 10.1. The highest BCUT2D eigenvalue weighted by Crippen LogP contribution is 2.37. The van der Waals surface area contributed by atoms with Crippen LogP contribution in [0.4, 0.5) is 19.1 Å². The van der Waals surface area contributed by atoms with E-state index in [1.807, 2.05) is 0 Å². The number of hydrogen-bond acceptors (Lipinski definition) is 6. The van der Waals surface area contributed by atoms with Crippen LogP contribution in [0.2, 0.25) is 0 Å². The first-order chi connectivity index (χ1) is 13.0. The monoisotopic (exact) mass is 434 g/mol. The van der Waals surface area contributed by atoms with E-state index in [0.717, 1.165) is 12.1 Å². The highest BCUT2D eigenvalue weighted by atomic mass is 32.2. The topological polar surface area (TPSA) is 121 Å². The molecule has 0 spiro atoms. The molecule has 0 aliphatic heterocycles. The molecule has 0 bridgehead atoms. The van der Waals surface area contributed by atoms with Gasteiger partial charge in [-0.2, -0.15) is 13.2 Å². The Morgan fingerprint density at radius 3 is 2.61 bits per heavy atom. The van der Waals surface area contributed by atoms with E-state index < -0.39 is 38.8 Å². The molecule has 0 amide bonds. The molecule has 7 nitrogen and oxygen atoms in total. The lowest BCUT2D eigenvalue weighted by Crippen LogP contribution is -2.40. The fraction of sp³-hybridized carbons (Fsp3) is 0.375. The van der Waals surface area contributed by atoms with Gasteiger partial charge < -0.3 is 15.8 Å². The van der Waals surface area contributed by atoms with Crippen molar-refractivity contribution < 1.29 is 26.7 Å². The van der Waals surface area contributed by atoms with Gasteiger partial charge in [-0.05, 0) is 37.0 Å². The van der Waals surface area contributed by atoms with Crippen molar-refractivity contribution >= 4 is 28.2 Å². The molecule has 1 heterocycles. The molecule has 0 radical (unpaired) electrons. The van der Waals surface area contributed by atoms with Gasteiger partial charge in [-0.15, -0.1) is 0 Å². The van der Waals surface area contributed by atoms with Crippen LogP contribution >= 0.6 is 12.2 Å². The van der Waals surface area contributed by atoms with E-state index >= 15 is 0 Å². The van der Waals surface area contributed by atoms with Crippen molar-refractivity contribution in [1.82, 2.24) is 14.7 Å². The van der Waals surface area contributed by atoms with Gasteiger partial charge in [0.1, 0.15) is 4.64 Å². The molecule has 12 heteroatoms.